The SMILES string of the molecule is c1ccc(-c2c3ccccc3c(-c3cc4cc(-c5c6ccccc6c(-c6cccc7ccccc67)c6ccccc56)c5oc6ccccc6c5c4c4c3oc3ccccc34)c3ccccc23)cc1. The van der Waals surface area contributed by atoms with Crippen LogP contribution in [-0.2, 0) is 0 Å². The molecule has 13 aromatic carbocycles. The number of furan rings is 2. The molecule has 15 rings (SSSR count). The van der Waals surface area contributed by atoms with Gasteiger partial charge in [0.2, 0.25) is 0 Å². The summed E-state index contributed by atoms with van der Waals surface area (Å²) in [6.07, 6.45) is 0. The smallest absolute Gasteiger partial charge is 0.143 e. The molecule has 68 heavy (non-hydrogen) atoms. The molecule has 0 fully saturated rings. The number of rotatable bonds is 4. The summed E-state index contributed by atoms with van der Waals surface area (Å²) < 4.78 is 14.4. The fourth-order valence-corrected chi connectivity index (χ4v) is 11.9. The minimum atomic E-state index is 0.857. The van der Waals surface area contributed by atoms with Crippen molar-refractivity contribution in [3.63, 3.8) is 0 Å². The van der Waals surface area contributed by atoms with Crippen LogP contribution < -0.4 is 0 Å². The number of hydrogen-bond acceptors (Lipinski definition) is 2. The lowest BCUT2D eigenvalue weighted by atomic mass is 9.82. The molecule has 0 N–H and O–H groups in total. The van der Waals surface area contributed by atoms with Gasteiger partial charge in [0.15, 0.2) is 0 Å². The van der Waals surface area contributed by atoms with Gasteiger partial charge in [-0.1, -0.05) is 206 Å². The lowest BCUT2D eigenvalue weighted by molar-refractivity contribution is 0.670. The van der Waals surface area contributed by atoms with Crippen molar-refractivity contribution in [2.75, 3.05) is 0 Å². The Morgan fingerprint density at radius 1 is 0.221 bits per heavy atom. The van der Waals surface area contributed by atoms with E-state index in [4.69, 9.17) is 8.83 Å². The summed E-state index contributed by atoms with van der Waals surface area (Å²) in [5.74, 6) is 0. The molecule has 0 amide bonds. The Bertz CT molecular complexity index is 4490. The molecule has 0 radical (unpaired) electrons. The van der Waals surface area contributed by atoms with E-state index in [0.717, 1.165) is 76.9 Å². The monoisotopic (exact) mass is 862 g/mol. The van der Waals surface area contributed by atoms with Gasteiger partial charge in [0.05, 0.1) is 0 Å². The Kier molecular flexibility index (Phi) is 7.81. The van der Waals surface area contributed by atoms with Gasteiger partial charge < -0.3 is 8.83 Å². The molecule has 0 aliphatic rings. The van der Waals surface area contributed by atoms with Crippen molar-refractivity contribution in [2.24, 2.45) is 0 Å². The van der Waals surface area contributed by atoms with Crippen molar-refractivity contribution >= 4 is 109 Å². The normalized spacial score (nSPS) is 12.1. The largest absolute Gasteiger partial charge is 0.455 e. The fraction of sp³-hybridized carbons (Fsp3) is 0. The van der Waals surface area contributed by atoms with E-state index in [1.54, 1.807) is 0 Å². The molecule has 314 valence electrons. The molecule has 2 heteroatoms. The topological polar surface area (TPSA) is 26.3 Å². The van der Waals surface area contributed by atoms with Gasteiger partial charge in [0, 0.05) is 49.2 Å². The predicted molar refractivity (Wildman–Crippen MR) is 288 cm³/mol. The minimum absolute atomic E-state index is 0.857. The second-order valence-electron chi connectivity index (χ2n) is 18.1. The minimum Gasteiger partial charge on any atom is -0.455 e. The third kappa shape index (κ3) is 5.17. The maximum absolute atomic E-state index is 7.21. The lowest BCUT2D eigenvalue weighted by Gasteiger charge is -2.20. The number of hydrogen-bond donors (Lipinski definition) is 0. The molecule has 0 aliphatic heterocycles. The van der Waals surface area contributed by atoms with Gasteiger partial charge in [-0.05, 0) is 106 Å². The average Bonchev–Trinajstić information content (AvgIpc) is 3.99. The van der Waals surface area contributed by atoms with Crippen LogP contribution in [0.2, 0.25) is 0 Å². The van der Waals surface area contributed by atoms with Crippen LogP contribution in [0.3, 0.4) is 0 Å². The first-order valence-electron chi connectivity index (χ1n) is 23.4. The highest BCUT2D eigenvalue weighted by atomic mass is 16.3. The summed E-state index contributed by atoms with van der Waals surface area (Å²) in [5, 5.41) is 18.6. The highest BCUT2D eigenvalue weighted by Gasteiger charge is 2.27. The predicted octanol–water partition coefficient (Wildman–Crippen LogP) is 19.1. The zero-order valence-corrected chi connectivity index (χ0v) is 36.8. The first-order chi connectivity index (χ1) is 33.8. The molecule has 0 bridgehead atoms. The fourth-order valence-electron chi connectivity index (χ4n) is 11.9. The van der Waals surface area contributed by atoms with Crippen molar-refractivity contribution < 1.29 is 8.83 Å². The quantitative estimate of drug-likeness (QED) is 0.165. The molecule has 0 saturated carbocycles. The highest BCUT2D eigenvalue weighted by molar-refractivity contribution is 6.37. The van der Waals surface area contributed by atoms with Crippen LogP contribution in [0.1, 0.15) is 0 Å². The van der Waals surface area contributed by atoms with E-state index in [2.05, 4.69) is 231 Å². The van der Waals surface area contributed by atoms with Crippen LogP contribution in [0.5, 0.6) is 0 Å². The van der Waals surface area contributed by atoms with E-state index in [9.17, 15) is 0 Å². The summed E-state index contributed by atoms with van der Waals surface area (Å²) in [4.78, 5) is 0. The number of benzene rings is 13. The third-order valence-corrected chi connectivity index (χ3v) is 14.6. The first-order valence-corrected chi connectivity index (χ1v) is 23.4. The van der Waals surface area contributed by atoms with E-state index in [1.807, 2.05) is 0 Å². The van der Waals surface area contributed by atoms with E-state index in [-0.39, 0.29) is 0 Å². The van der Waals surface area contributed by atoms with Crippen LogP contribution in [0, 0.1) is 0 Å². The van der Waals surface area contributed by atoms with Gasteiger partial charge in [0.1, 0.15) is 22.3 Å². The summed E-state index contributed by atoms with van der Waals surface area (Å²) in [6.45, 7) is 0. The van der Waals surface area contributed by atoms with Gasteiger partial charge in [0.25, 0.3) is 0 Å². The molecular weight excluding hydrogens is 825 g/mol. The standard InChI is InChI=1S/C66H38O2/c1-2-20-40(21-3-1)58-44-24-6-8-26-46(44)61(47-27-9-7-25-45(47)58)54-37-41-38-55(66-64(53-33-15-17-36-57(53)68-66)59(41)63-52-32-14-16-35-56(52)67-65(54)63)62-50-30-12-10-28-48(50)60(49-29-11-13-31-51(49)62)43-34-18-22-39-19-4-5-23-42(39)43/h1-38H. The van der Waals surface area contributed by atoms with Gasteiger partial charge in [-0.25, -0.2) is 0 Å². The van der Waals surface area contributed by atoms with Gasteiger partial charge in [-0.2, -0.15) is 0 Å². The maximum atomic E-state index is 7.21. The molecule has 2 heterocycles. The summed E-state index contributed by atoms with van der Waals surface area (Å²) in [6, 6.07) is 83.8. The Hall–Kier alpha value is -8.98. The van der Waals surface area contributed by atoms with Crippen LogP contribution in [0.4, 0.5) is 0 Å². The second-order valence-corrected chi connectivity index (χ2v) is 18.1. The maximum Gasteiger partial charge on any atom is 0.143 e. The Morgan fingerprint density at radius 3 is 1.04 bits per heavy atom. The zero-order valence-electron chi connectivity index (χ0n) is 36.8. The Morgan fingerprint density at radius 2 is 0.574 bits per heavy atom. The molecular formula is C66H38O2. The van der Waals surface area contributed by atoms with Gasteiger partial charge in [-0.15, -0.1) is 0 Å². The van der Waals surface area contributed by atoms with Crippen molar-refractivity contribution in [2.45, 2.75) is 0 Å². The van der Waals surface area contributed by atoms with Gasteiger partial charge >= 0.3 is 0 Å². The lowest BCUT2D eigenvalue weighted by Crippen LogP contribution is -1.93. The van der Waals surface area contributed by atoms with Crippen molar-refractivity contribution in [1.82, 2.24) is 0 Å². The number of para-hydroxylation sites is 2. The molecule has 0 unspecified atom stereocenters. The van der Waals surface area contributed by atoms with E-state index < -0.39 is 0 Å². The molecule has 2 nitrogen and oxygen atoms in total. The molecule has 0 aliphatic carbocycles. The molecule has 2 aromatic heterocycles. The highest BCUT2D eigenvalue weighted by Crippen LogP contribution is 2.53. The van der Waals surface area contributed by atoms with E-state index in [1.165, 1.54) is 76.1 Å². The second kappa shape index (κ2) is 14.3. The first kappa shape index (κ1) is 37.3. The molecule has 15 aromatic rings. The Labute approximate surface area is 390 Å². The molecule has 0 spiro atoms. The van der Waals surface area contributed by atoms with Crippen LogP contribution >= 0.6 is 0 Å². The van der Waals surface area contributed by atoms with E-state index >= 15 is 0 Å². The van der Waals surface area contributed by atoms with Crippen LogP contribution in [0.15, 0.2) is 239 Å². The molecule has 0 saturated heterocycles. The van der Waals surface area contributed by atoms with Gasteiger partial charge in [-0.3, -0.25) is 0 Å². The Balaban J connectivity index is 1.14. The zero-order chi connectivity index (χ0) is 44.5. The third-order valence-electron chi connectivity index (χ3n) is 14.6. The summed E-state index contributed by atoms with van der Waals surface area (Å²) >= 11 is 0. The van der Waals surface area contributed by atoms with Crippen molar-refractivity contribution in [1.29, 1.82) is 0 Å². The van der Waals surface area contributed by atoms with Crippen LogP contribution in [0.25, 0.3) is 153 Å². The summed E-state index contributed by atoms with van der Waals surface area (Å²) in [7, 11) is 0. The van der Waals surface area contributed by atoms with Crippen molar-refractivity contribution in [3.8, 4) is 44.5 Å². The average molecular weight is 863 g/mol. The number of fused-ring (bicyclic) bond motifs is 14. The van der Waals surface area contributed by atoms with E-state index in [0.29, 0.717) is 0 Å². The van der Waals surface area contributed by atoms with Crippen molar-refractivity contribution in [3.05, 3.63) is 231 Å². The van der Waals surface area contributed by atoms with Crippen LogP contribution in [-0.4, -0.2) is 0 Å². The summed E-state index contributed by atoms with van der Waals surface area (Å²) in [5.41, 5.74) is 12.8. The molecule has 0 atom stereocenters.